The number of hydrogen-bond donors (Lipinski definition) is 3. The molecule has 5 heteroatoms. The second-order valence-electron chi connectivity index (χ2n) is 5.32. The molecule has 5 nitrogen and oxygen atoms in total. The maximum Gasteiger partial charge on any atom is 0.114 e. The lowest BCUT2D eigenvalue weighted by Gasteiger charge is -2.38. The van der Waals surface area contributed by atoms with Gasteiger partial charge < -0.3 is 24.8 Å². The molecule has 0 bridgehead atoms. The Morgan fingerprint density at radius 3 is 2.00 bits per heavy atom. The van der Waals surface area contributed by atoms with Gasteiger partial charge in [0.15, 0.2) is 0 Å². The lowest BCUT2D eigenvalue weighted by molar-refractivity contribution is -0.176. The van der Waals surface area contributed by atoms with Gasteiger partial charge in [-0.2, -0.15) is 0 Å². The van der Waals surface area contributed by atoms with E-state index in [1.54, 1.807) is 6.92 Å². The van der Waals surface area contributed by atoms with Crippen LogP contribution >= 0.6 is 0 Å². The number of aliphatic hydroxyl groups is 3. The average Bonchev–Trinajstić information content (AvgIpc) is 2.38. The molecule has 0 spiro atoms. The zero-order valence-corrected chi connectivity index (χ0v) is 13.1. The molecule has 0 aliphatic rings. The molecule has 3 N–H and O–H groups in total. The van der Waals surface area contributed by atoms with Crippen LogP contribution < -0.4 is 0 Å². The number of ether oxygens (including phenoxy) is 2. The van der Waals surface area contributed by atoms with E-state index in [1.165, 1.54) is 0 Å². The van der Waals surface area contributed by atoms with E-state index < -0.39 is 17.8 Å². The van der Waals surface area contributed by atoms with Gasteiger partial charge in [0, 0.05) is 0 Å². The molecule has 0 fully saturated rings. The first-order chi connectivity index (χ1) is 9.39. The Morgan fingerprint density at radius 2 is 1.60 bits per heavy atom. The second-order valence-corrected chi connectivity index (χ2v) is 5.32. The SMILES string of the molecule is CCC(OCCO)C(C)(O)C(CC=C(C)C)OCCO. The van der Waals surface area contributed by atoms with Crippen molar-refractivity contribution in [3.63, 3.8) is 0 Å². The van der Waals surface area contributed by atoms with Crippen LogP contribution in [-0.2, 0) is 9.47 Å². The summed E-state index contributed by atoms with van der Waals surface area (Å²) in [5, 5.41) is 28.5. The first kappa shape index (κ1) is 19.5. The summed E-state index contributed by atoms with van der Waals surface area (Å²) >= 11 is 0. The summed E-state index contributed by atoms with van der Waals surface area (Å²) in [5.41, 5.74) is -0.0480. The normalized spacial score (nSPS) is 17.4. The number of allylic oxidation sites excluding steroid dienone is 1. The van der Waals surface area contributed by atoms with Crippen molar-refractivity contribution in [3.8, 4) is 0 Å². The van der Waals surface area contributed by atoms with E-state index in [0.29, 0.717) is 12.8 Å². The van der Waals surface area contributed by atoms with E-state index in [9.17, 15) is 5.11 Å². The number of rotatable bonds is 11. The standard InChI is InChI=1S/C15H30O5/c1-5-13(19-10-8-16)15(4,18)14(20-11-9-17)7-6-12(2)3/h6,13-14,16-18H,5,7-11H2,1-4H3. The quantitative estimate of drug-likeness (QED) is 0.499. The molecule has 0 amide bonds. The highest BCUT2D eigenvalue weighted by molar-refractivity contribution is 5.00. The van der Waals surface area contributed by atoms with Crippen LogP contribution in [0.1, 0.15) is 40.5 Å². The van der Waals surface area contributed by atoms with Crippen LogP contribution in [0.4, 0.5) is 0 Å². The predicted octanol–water partition coefficient (Wildman–Crippen LogP) is 1.26. The van der Waals surface area contributed by atoms with Crippen molar-refractivity contribution in [2.45, 2.75) is 58.3 Å². The van der Waals surface area contributed by atoms with E-state index >= 15 is 0 Å². The molecular formula is C15H30O5. The van der Waals surface area contributed by atoms with Gasteiger partial charge in [-0.3, -0.25) is 0 Å². The zero-order chi connectivity index (χ0) is 15.6. The average molecular weight is 290 g/mol. The van der Waals surface area contributed by atoms with Crippen LogP contribution in [0.25, 0.3) is 0 Å². The van der Waals surface area contributed by atoms with E-state index in [2.05, 4.69) is 0 Å². The van der Waals surface area contributed by atoms with Gasteiger partial charge in [-0.25, -0.2) is 0 Å². The fourth-order valence-corrected chi connectivity index (χ4v) is 2.12. The van der Waals surface area contributed by atoms with Crippen LogP contribution in [0.5, 0.6) is 0 Å². The topological polar surface area (TPSA) is 79.2 Å². The van der Waals surface area contributed by atoms with Gasteiger partial charge >= 0.3 is 0 Å². The van der Waals surface area contributed by atoms with Crippen molar-refractivity contribution in [3.05, 3.63) is 11.6 Å². The van der Waals surface area contributed by atoms with Gasteiger partial charge in [-0.15, -0.1) is 0 Å². The number of aliphatic hydroxyl groups excluding tert-OH is 2. The monoisotopic (exact) mass is 290 g/mol. The highest BCUT2D eigenvalue weighted by atomic mass is 16.5. The van der Waals surface area contributed by atoms with Crippen LogP contribution in [0.3, 0.4) is 0 Å². The summed E-state index contributed by atoms with van der Waals surface area (Å²) in [7, 11) is 0. The summed E-state index contributed by atoms with van der Waals surface area (Å²) < 4.78 is 11.1. The lowest BCUT2D eigenvalue weighted by atomic mass is 9.88. The third-order valence-electron chi connectivity index (χ3n) is 3.24. The van der Waals surface area contributed by atoms with Gasteiger partial charge in [0.05, 0.1) is 38.6 Å². The van der Waals surface area contributed by atoms with Gasteiger partial charge in [0.25, 0.3) is 0 Å². The summed E-state index contributed by atoms with van der Waals surface area (Å²) in [4.78, 5) is 0. The van der Waals surface area contributed by atoms with Gasteiger partial charge in [-0.05, 0) is 33.6 Å². The van der Waals surface area contributed by atoms with Crippen molar-refractivity contribution < 1.29 is 24.8 Å². The third-order valence-corrected chi connectivity index (χ3v) is 3.24. The molecule has 0 saturated carbocycles. The minimum Gasteiger partial charge on any atom is -0.394 e. The summed E-state index contributed by atoms with van der Waals surface area (Å²) in [6.07, 6.45) is 2.27. The van der Waals surface area contributed by atoms with Gasteiger partial charge in [0.1, 0.15) is 5.60 Å². The summed E-state index contributed by atoms with van der Waals surface area (Å²) in [6, 6.07) is 0. The van der Waals surface area contributed by atoms with Gasteiger partial charge in [0.2, 0.25) is 0 Å². The highest BCUT2D eigenvalue weighted by Gasteiger charge is 2.39. The second kappa shape index (κ2) is 10.3. The van der Waals surface area contributed by atoms with Gasteiger partial charge in [-0.1, -0.05) is 18.6 Å². The largest absolute Gasteiger partial charge is 0.394 e. The van der Waals surface area contributed by atoms with Crippen LogP contribution in [0.15, 0.2) is 11.6 Å². The molecule has 3 unspecified atom stereocenters. The third kappa shape index (κ3) is 6.81. The minimum absolute atomic E-state index is 0.0806. The molecule has 0 rings (SSSR count). The Bertz CT molecular complexity index is 271. The lowest BCUT2D eigenvalue weighted by Crippen LogP contribution is -2.52. The van der Waals surface area contributed by atoms with E-state index in [4.69, 9.17) is 19.7 Å². The minimum atomic E-state index is -1.19. The molecule has 20 heavy (non-hydrogen) atoms. The molecule has 0 aromatic carbocycles. The molecule has 120 valence electrons. The molecular weight excluding hydrogens is 260 g/mol. The smallest absolute Gasteiger partial charge is 0.114 e. The first-order valence-corrected chi connectivity index (χ1v) is 7.20. The van der Waals surface area contributed by atoms with Crippen LogP contribution in [-0.4, -0.2) is 59.6 Å². The van der Waals surface area contributed by atoms with Crippen molar-refractivity contribution in [2.24, 2.45) is 0 Å². The zero-order valence-electron chi connectivity index (χ0n) is 13.1. The van der Waals surface area contributed by atoms with Crippen LogP contribution in [0.2, 0.25) is 0 Å². The molecule has 0 aliphatic heterocycles. The predicted molar refractivity (Wildman–Crippen MR) is 78.6 cm³/mol. The molecule has 0 aromatic rings. The molecule has 3 atom stereocenters. The summed E-state index contributed by atoms with van der Waals surface area (Å²) in [6.45, 7) is 7.75. The Morgan fingerprint density at radius 1 is 1.10 bits per heavy atom. The van der Waals surface area contributed by atoms with Crippen molar-refractivity contribution in [1.82, 2.24) is 0 Å². The fraction of sp³-hybridized carbons (Fsp3) is 0.867. The van der Waals surface area contributed by atoms with Crippen LogP contribution in [0, 0.1) is 0 Å². The molecule has 0 saturated heterocycles. The maximum absolute atomic E-state index is 10.8. The van der Waals surface area contributed by atoms with Crippen molar-refractivity contribution in [2.75, 3.05) is 26.4 Å². The first-order valence-electron chi connectivity index (χ1n) is 7.20. The highest BCUT2D eigenvalue weighted by Crippen LogP contribution is 2.26. The van der Waals surface area contributed by atoms with E-state index in [0.717, 1.165) is 5.57 Å². The van der Waals surface area contributed by atoms with E-state index in [1.807, 2.05) is 26.8 Å². The molecule has 0 radical (unpaired) electrons. The van der Waals surface area contributed by atoms with E-state index in [-0.39, 0.29) is 26.4 Å². The fourth-order valence-electron chi connectivity index (χ4n) is 2.12. The molecule has 0 heterocycles. The Balaban J connectivity index is 4.90. The molecule has 0 aromatic heterocycles. The Hall–Kier alpha value is -0.460. The maximum atomic E-state index is 10.8. The Kier molecular flexibility index (Phi) is 10.1. The van der Waals surface area contributed by atoms with Crippen molar-refractivity contribution in [1.29, 1.82) is 0 Å². The Labute approximate surface area is 122 Å². The summed E-state index contributed by atoms with van der Waals surface area (Å²) in [5.74, 6) is 0. The number of hydrogen-bond acceptors (Lipinski definition) is 5. The van der Waals surface area contributed by atoms with Crippen molar-refractivity contribution >= 4 is 0 Å². The molecule has 0 aliphatic carbocycles.